The predicted molar refractivity (Wildman–Crippen MR) is 182 cm³/mol. The van der Waals surface area contributed by atoms with Gasteiger partial charge in [0.05, 0.1) is 17.9 Å². The zero-order valence-electron chi connectivity index (χ0n) is 27.8. The molecule has 0 heterocycles. The number of ether oxygens (including phenoxy) is 2. The highest BCUT2D eigenvalue weighted by molar-refractivity contribution is 7.80. The Morgan fingerprint density at radius 1 is 1.00 bits per heavy atom. The first-order valence-corrected chi connectivity index (χ1v) is 18.7. The highest BCUT2D eigenvalue weighted by Gasteiger charge is 2.45. The molecule has 1 aromatic carbocycles. The van der Waals surface area contributed by atoms with Crippen LogP contribution in [0.25, 0.3) is 0 Å². The Morgan fingerprint density at radius 3 is 2.54 bits per heavy atom. The molecule has 9 heteroatoms. The van der Waals surface area contributed by atoms with E-state index in [-0.39, 0.29) is 42.3 Å². The van der Waals surface area contributed by atoms with E-state index in [0.29, 0.717) is 37.0 Å². The monoisotopic (exact) mass is 659 g/mol. The molecule has 2 saturated carbocycles. The van der Waals surface area contributed by atoms with Gasteiger partial charge in [-0.3, -0.25) is 9.59 Å². The summed E-state index contributed by atoms with van der Waals surface area (Å²) in [7, 11) is 0. The van der Waals surface area contributed by atoms with E-state index in [1.54, 1.807) is 0 Å². The Hall–Kier alpha value is -2.26. The number of rotatable bonds is 19. The molecule has 0 bridgehead atoms. The maximum atomic E-state index is 13.6. The van der Waals surface area contributed by atoms with Gasteiger partial charge in [0.25, 0.3) is 0 Å². The number of aliphatic hydroxyl groups is 1. The minimum atomic E-state index is -0.995. The fourth-order valence-electron chi connectivity index (χ4n) is 8.25. The van der Waals surface area contributed by atoms with Gasteiger partial charge in [-0.2, -0.15) is 12.6 Å². The number of hydrogen-bond donors (Lipinski definition) is 4. The molecule has 1 amide bonds. The Bertz CT molecular complexity index is 1130. The van der Waals surface area contributed by atoms with Crippen molar-refractivity contribution >= 4 is 30.5 Å². The molecule has 3 aliphatic rings. The summed E-state index contributed by atoms with van der Waals surface area (Å²) >= 11 is 4.26. The number of nitrogens with one attached hydrogen (secondary N) is 1. The number of esters is 1. The van der Waals surface area contributed by atoms with Crippen LogP contribution in [0.5, 0.6) is 5.75 Å². The number of amides is 1. The van der Waals surface area contributed by atoms with Crippen LogP contribution in [0.3, 0.4) is 0 Å². The number of thiol groups is 1. The van der Waals surface area contributed by atoms with Gasteiger partial charge in [0.1, 0.15) is 11.9 Å². The van der Waals surface area contributed by atoms with Crippen LogP contribution in [0.1, 0.15) is 114 Å². The molecule has 0 saturated heterocycles. The summed E-state index contributed by atoms with van der Waals surface area (Å²) in [6.45, 7) is 2.45. The Balaban J connectivity index is 1.35. The van der Waals surface area contributed by atoms with Gasteiger partial charge in [-0.05, 0) is 111 Å². The number of aliphatic hydroxyl groups excluding tert-OH is 1. The van der Waals surface area contributed by atoms with Crippen molar-refractivity contribution in [1.29, 1.82) is 0 Å². The molecule has 0 radical (unpaired) electrons. The average molecular weight is 660 g/mol. The summed E-state index contributed by atoms with van der Waals surface area (Å²) in [4.78, 5) is 37.9. The van der Waals surface area contributed by atoms with Gasteiger partial charge >= 0.3 is 11.9 Å². The molecule has 0 spiro atoms. The van der Waals surface area contributed by atoms with Crippen LogP contribution in [-0.2, 0) is 32.0 Å². The number of carboxylic acids is 1. The van der Waals surface area contributed by atoms with Crippen LogP contribution in [0.2, 0.25) is 0 Å². The third kappa shape index (κ3) is 10.4. The van der Waals surface area contributed by atoms with Crippen molar-refractivity contribution in [2.45, 2.75) is 128 Å². The van der Waals surface area contributed by atoms with Crippen molar-refractivity contribution in [3.05, 3.63) is 29.3 Å². The van der Waals surface area contributed by atoms with Crippen molar-refractivity contribution < 1.29 is 34.1 Å². The smallest absolute Gasteiger partial charge is 0.341 e. The van der Waals surface area contributed by atoms with Crippen LogP contribution in [0, 0.1) is 29.6 Å². The Labute approximate surface area is 281 Å². The van der Waals surface area contributed by atoms with Crippen molar-refractivity contribution in [1.82, 2.24) is 5.32 Å². The largest absolute Gasteiger partial charge is 0.482 e. The number of fused-ring (bicyclic) bond motifs is 2. The highest BCUT2D eigenvalue weighted by atomic mass is 32.1. The first kappa shape index (κ1) is 36.6. The molecule has 7 atom stereocenters. The first-order chi connectivity index (χ1) is 22.3. The van der Waals surface area contributed by atoms with Crippen molar-refractivity contribution in [3.63, 3.8) is 0 Å². The van der Waals surface area contributed by atoms with Gasteiger partial charge in [-0.1, -0.05) is 57.6 Å². The molecular formula is C37H57NO7S. The van der Waals surface area contributed by atoms with Crippen molar-refractivity contribution in [2.24, 2.45) is 29.6 Å². The lowest BCUT2D eigenvalue weighted by atomic mass is 9.73. The van der Waals surface area contributed by atoms with E-state index in [1.165, 1.54) is 5.56 Å². The second kappa shape index (κ2) is 18.9. The highest BCUT2D eigenvalue weighted by Crippen LogP contribution is 2.48. The lowest BCUT2D eigenvalue weighted by Crippen LogP contribution is -2.41. The van der Waals surface area contributed by atoms with Crippen LogP contribution >= 0.6 is 12.6 Å². The van der Waals surface area contributed by atoms with Gasteiger partial charge in [0, 0.05) is 6.54 Å². The van der Waals surface area contributed by atoms with E-state index >= 15 is 0 Å². The third-order valence-electron chi connectivity index (χ3n) is 10.7. The summed E-state index contributed by atoms with van der Waals surface area (Å²) in [5.74, 6) is 0.357. The van der Waals surface area contributed by atoms with E-state index in [2.05, 4.69) is 30.9 Å². The Morgan fingerprint density at radius 2 is 1.78 bits per heavy atom. The van der Waals surface area contributed by atoms with Crippen LogP contribution in [0.15, 0.2) is 18.2 Å². The number of carbonyl (C=O) groups is 3. The molecule has 258 valence electrons. The van der Waals surface area contributed by atoms with Crippen LogP contribution < -0.4 is 10.1 Å². The van der Waals surface area contributed by atoms with Gasteiger partial charge in [0.2, 0.25) is 5.91 Å². The molecule has 2 fully saturated rings. The summed E-state index contributed by atoms with van der Waals surface area (Å²) in [6.07, 6.45) is 14.7. The topological polar surface area (TPSA) is 122 Å². The van der Waals surface area contributed by atoms with Gasteiger partial charge < -0.3 is 25.0 Å². The van der Waals surface area contributed by atoms with Gasteiger partial charge in [0.15, 0.2) is 6.61 Å². The summed E-state index contributed by atoms with van der Waals surface area (Å²) in [5, 5.41) is 23.4. The maximum Gasteiger partial charge on any atom is 0.341 e. The fourth-order valence-corrected chi connectivity index (χ4v) is 8.48. The predicted octanol–water partition coefficient (Wildman–Crippen LogP) is 6.55. The molecule has 3 N–H and O–H groups in total. The number of unbranched alkanes of at least 4 members (excludes halogenated alkanes) is 5. The van der Waals surface area contributed by atoms with E-state index < -0.39 is 12.1 Å². The summed E-state index contributed by atoms with van der Waals surface area (Å²) in [6, 6.07) is 5.85. The molecule has 3 aliphatic carbocycles. The lowest BCUT2D eigenvalue weighted by Gasteiger charge is -2.33. The minimum absolute atomic E-state index is 0.00686. The van der Waals surface area contributed by atoms with Gasteiger partial charge in [-0.25, -0.2) is 4.79 Å². The average Bonchev–Trinajstić information content (AvgIpc) is 3.36. The zero-order valence-corrected chi connectivity index (χ0v) is 28.7. The van der Waals surface area contributed by atoms with E-state index in [0.717, 1.165) is 108 Å². The third-order valence-corrected chi connectivity index (χ3v) is 11.0. The fraction of sp³-hybridized carbons (Fsp3) is 0.757. The molecule has 46 heavy (non-hydrogen) atoms. The maximum absolute atomic E-state index is 13.6. The van der Waals surface area contributed by atoms with E-state index in [4.69, 9.17) is 14.6 Å². The van der Waals surface area contributed by atoms with Crippen LogP contribution in [0.4, 0.5) is 0 Å². The quantitative estimate of drug-likeness (QED) is 0.0755. The standard InChI is InChI=1S/C37H57NO7S/c1-2-3-6-13-27(45-37(43)30-15-8-7-14-29(30)36(42)38-19-9-4-5-10-20-46)17-18-28-31-21-25-12-11-16-34(44-24-35(40)41)32(25)22-26(31)23-33(28)39/h11-12,16,26-31,33,39,46H,2-10,13-15,17-24H2,1H3,(H,38,42)(H,40,41)/t26-,27-,28+,29-,30+,31-,33+/m0/s1. The molecule has 0 unspecified atom stereocenters. The summed E-state index contributed by atoms with van der Waals surface area (Å²) in [5.41, 5.74) is 2.25. The SMILES string of the molecule is CCCCC[C@@H](CC[C@@H]1[C@H]2Cc3cccc(OCC(=O)O)c3C[C@H]2C[C@H]1O)OC(=O)[C@@H]1CCCC[C@@H]1C(=O)NCCCCCCS. The van der Waals surface area contributed by atoms with E-state index in [1.807, 2.05) is 12.1 Å². The molecule has 1 aromatic rings. The minimum Gasteiger partial charge on any atom is -0.482 e. The second-order valence-electron chi connectivity index (χ2n) is 13.9. The van der Waals surface area contributed by atoms with Crippen molar-refractivity contribution in [3.8, 4) is 5.75 Å². The second-order valence-corrected chi connectivity index (χ2v) is 14.4. The summed E-state index contributed by atoms with van der Waals surface area (Å²) < 4.78 is 11.9. The molecule has 8 nitrogen and oxygen atoms in total. The zero-order chi connectivity index (χ0) is 32.9. The van der Waals surface area contributed by atoms with Gasteiger partial charge in [-0.15, -0.1) is 0 Å². The van der Waals surface area contributed by atoms with Crippen LogP contribution in [-0.4, -0.2) is 59.2 Å². The first-order valence-electron chi connectivity index (χ1n) is 18.0. The number of hydrogen-bond acceptors (Lipinski definition) is 7. The number of aliphatic carboxylic acids is 1. The normalized spacial score (nSPS) is 26.1. The molecular weight excluding hydrogens is 602 g/mol. The number of carboxylic acid groups (broad SMARTS) is 1. The van der Waals surface area contributed by atoms with Crippen molar-refractivity contribution in [2.75, 3.05) is 18.9 Å². The molecule has 0 aromatic heterocycles. The molecule has 0 aliphatic heterocycles. The molecule has 4 rings (SSSR count). The lowest BCUT2D eigenvalue weighted by molar-refractivity contribution is -0.160. The Kier molecular flexibility index (Phi) is 15.0. The number of carbonyl (C=O) groups excluding carboxylic acids is 2. The van der Waals surface area contributed by atoms with E-state index in [9.17, 15) is 19.5 Å². The number of benzene rings is 1.